The number of amides is 1. The molecule has 0 bridgehead atoms. The van der Waals surface area contributed by atoms with Crippen molar-refractivity contribution in [2.75, 3.05) is 24.9 Å². The summed E-state index contributed by atoms with van der Waals surface area (Å²) in [7, 11) is -2.26. The number of carbonyl (C=O) groups is 1. The quantitative estimate of drug-likeness (QED) is 0.829. The minimum atomic E-state index is -3.80. The number of hydrogen-bond donors (Lipinski definition) is 1. The summed E-state index contributed by atoms with van der Waals surface area (Å²) in [6, 6.07) is 12.8. The van der Waals surface area contributed by atoms with Crippen LogP contribution in [0.1, 0.15) is 30.6 Å². The van der Waals surface area contributed by atoms with Crippen LogP contribution in [0.4, 0.5) is 5.69 Å². The molecule has 0 aliphatic carbocycles. The van der Waals surface area contributed by atoms with E-state index >= 15 is 0 Å². The van der Waals surface area contributed by atoms with Gasteiger partial charge in [-0.15, -0.1) is 0 Å². The van der Waals surface area contributed by atoms with E-state index in [0.717, 1.165) is 6.42 Å². The first-order valence-corrected chi connectivity index (χ1v) is 10.8. The molecule has 1 fully saturated rings. The molecule has 7 heteroatoms. The largest absolute Gasteiger partial charge is 0.497 e. The lowest BCUT2D eigenvalue weighted by Gasteiger charge is -2.35. The first-order chi connectivity index (χ1) is 13.3. The van der Waals surface area contributed by atoms with Crippen molar-refractivity contribution in [3.8, 4) is 5.75 Å². The zero-order valence-corrected chi connectivity index (χ0v) is 17.2. The summed E-state index contributed by atoms with van der Waals surface area (Å²) >= 11 is 0. The molecule has 1 saturated heterocycles. The molecule has 1 heterocycles. The lowest BCUT2D eigenvalue weighted by molar-refractivity contribution is 0.0623. The van der Waals surface area contributed by atoms with E-state index < -0.39 is 10.0 Å². The molecule has 0 spiro atoms. The van der Waals surface area contributed by atoms with E-state index in [9.17, 15) is 13.2 Å². The van der Waals surface area contributed by atoms with Gasteiger partial charge in [-0.25, -0.2) is 8.42 Å². The highest BCUT2D eigenvalue weighted by Gasteiger charge is 2.27. The molecule has 0 saturated carbocycles. The predicted molar refractivity (Wildman–Crippen MR) is 109 cm³/mol. The van der Waals surface area contributed by atoms with Crippen molar-refractivity contribution in [1.29, 1.82) is 0 Å². The number of sulfonamides is 1. The SMILES string of the molecule is COc1ccc(NS(=O)(=O)c2cccc(C(=O)N3C[C@H](C)C[C@H](C)C3)c2)cc1. The fourth-order valence-corrected chi connectivity index (χ4v) is 4.78. The molecule has 6 nitrogen and oxygen atoms in total. The molecule has 150 valence electrons. The summed E-state index contributed by atoms with van der Waals surface area (Å²) < 4.78 is 33.1. The van der Waals surface area contributed by atoms with Crippen LogP contribution in [0, 0.1) is 11.8 Å². The summed E-state index contributed by atoms with van der Waals surface area (Å²) in [5, 5.41) is 0. The van der Waals surface area contributed by atoms with Crippen molar-refractivity contribution in [2.45, 2.75) is 25.2 Å². The van der Waals surface area contributed by atoms with E-state index in [0.29, 0.717) is 41.9 Å². The fraction of sp³-hybridized carbons (Fsp3) is 0.381. The van der Waals surface area contributed by atoms with Crippen molar-refractivity contribution in [2.24, 2.45) is 11.8 Å². The van der Waals surface area contributed by atoms with Gasteiger partial charge in [0.1, 0.15) is 5.75 Å². The van der Waals surface area contributed by atoms with Gasteiger partial charge in [0.2, 0.25) is 0 Å². The molecule has 0 radical (unpaired) electrons. The number of methoxy groups -OCH3 is 1. The first kappa shape index (κ1) is 20.2. The third kappa shape index (κ3) is 4.65. The maximum atomic E-state index is 12.9. The Morgan fingerprint density at radius 3 is 2.32 bits per heavy atom. The van der Waals surface area contributed by atoms with Crippen LogP contribution in [0.3, 0.4) is 0 Å². The van der Waals surface area contributed by atoms with E-state index in [2.05, 4.69) is 18.6 Å². The van der Waals surface area contributed by atoms with Gasteiger partial charge in [-0.05, 0) is 60.7 Å². The maximum Gasteiger partial charge on any atom is 0.261 e. The minimum Gasteiger partial charge on any atom is -0.497 e. The van der Waals surface area contributed by atoms with Gasteiger partial charge in [0.05, 0.1) is 12.0 Å². The van der Waals surface area contributed by atoms with Crippen LogP contribution in [0.2, 0.25) is 0 Å². The molecule has 28 heavy (non-hydrogen) atoms. The van der Waals surface area contributed by atoms with Crippen molar-refractivity contribution in [3.05, 3.63) is 54.1 Å². The number of nitrogens with one attached hydrogen (secondary N) is 1. The molecular formula is C21H26N2O4S. The number of carbonyl (C=O) groups excluding carboxylic acids is 1. The second kappa shape index (κ2) is 8.22. The number of rotatable bonds is 5. The van der Waals surface area contributed by atoms with Gasteiger partial charge in [0, 0.05) is 24.3 Å². The van der Waals surface area contributed by atoms with Crippen molar-refractivity contribution >= 4 is 21.6 Å². The Morgan fingerprint density at radius 1 is 1.07 bits per heavy atom. The summed E-state index contributed by atoms with van der Waals surface area (Å²) in [5.41, 5.74) is 0.815. The van der Waals surface area contributed by atoms with Gasteiger partial charge in [-0.2, -0.15) is 0 Å². The molecule has 3 rings (SSSR count). The number of nitrogens with zero attached hydrogens (tertiary/aromatic N) is 1. The smallest absolute Gasteiger partial charge is 0.261 e. The molecule has 1 amide bonds. The third-order valence-electron chi connectivity index (χ3n) is 4.89. The highest BCUT2D eigenvalue weighted by Crippen LogP contribution is 2.24. The molecule has 2 aromatic rings. The number of benzene rings is 2. The molecular weight excluding hydrogens is 376 g/mol. The normalized spacial score (nSPS) is 19.9. The molecule has 1 aliphatic heterocycles. The van der Waals surface area contributed by atoms with E-state index in [1.807, 2.05) is 4.90 Å². The van der Waals surface area contributed by atoms with Crippen LogP contribution in [0.5, 0.6) is 5.75 Å². The molecule has 2 aromatic carbocycles. The molecule has 0 aromatic heterocycles. The first-order valence-electron chi connectivity index (χ1n) is 9.34. The highest BCUT2D eigenvalue weighted by molar-refractivity contribution is 7.92. The van der Waals surface area contributed by atoms with Crippen LogP contribution in [-0.2, 0) is 10.0 Å². The van der Waals surface area contributed by atoms with E-state index in [1.165, 1.54) is 12.1 Å². The monoisotopic (exact) mass is 402 g/mol. The van der Waals surface area contributed by atoms with Crippen molar-refractivity contribution < 1.29 is 17.9 Å². The topological polar surface area (TPSA) is 75.7 Å². The van der Waals surface area contributed by atoms with Crippen LogP contribution in [-0.4, -0.2) is 39.4 Å². The zero-order valence-electron chi connectivity index (χ0n) is 16.4. The van der Waals surface area contributed by atoms with Gasteiger partial charge in [0.25, 0.3) is 15.9 Å². The van der Waals surface area contributed by atoms with Gasteiger partial charge in [0.15, 0.2) is 0 Å². The molecule has 0 unspecified atom stereocenters. The van der Waals surface area contributed by atoms with Gasteiger partial charge in [-0.1, -0.05) is 19.9 Å². The maximum absolute atomic E-state index is 12.9. The fourth-order valence-electron chi connectivity index (χ4n) is 3.68. The number of ether oxygens (including phenoxy) is 1. The Bertz CT molecular complexity index is 931. The van der Waals surface area contributed by atoms with E-state index in [1.54, 1.807) is 43.5 Å². The molecule has 2 atom stereocenters. The van der Waals surface area contributed by atoms with E-state index in [4.69, 9.17) is 4.74 Å². The standard InChI is InChI=1S/C21H26N2O4S/c1-15-11-16(2)14-23(13-15)21(24)17-5-4-6-20(12-17)28(25,26)22-18-7-9-19(27-3)10-8-18/h4-10,12,15-16,22H,11,13-14H2,1-3H3/t15-,16+. The van der Waals surface area contributed by atoms with Crippen LogP contribution in [0.15, 0.2) is 53.4 Å². The molecule has 1 N–H and O–H groups in total. The lowest BCUT2D eigenvalue weighted by Crippen LogP contribution is -2.42. The summed E-state index contributed by atoms with van der Waals surface area (Å²) in [5.74, 6) is 1.40. The number of anilines is 1. The van der Waals surface area contributed by atoms with Crippen LogP contribution >= 0.6 is 0 Å². The Morgan fingerprint density at radius 2 is 1.71 bits per heavy atom. The average Bonchev–Trinajstić information content (AvgIpc) is 2.67. The second-order valence-corrected chi connectivity index (χ2v) is 9.20. The summed E-state index contributed by atoms with van der Waals surface area (Å²) in [6.45, 7) is 5.67. The van der Waals surface area contributed by atoms with Crippen LogP contribution < -0.4 is 9.46 Å². The number of hydrogen-bond acceptors (Lipinski definition) is 4. The van der Waals surface area contributed by atoms with Gasteiger partial charge >= 0.3 is 0 Å². The third-order valence-corrected chi connectivity index (χ3v) is 6.27. The lowest BCUT2D eigenvalue weighted by atomic mass is 9.91. The van der Waals surface area contributed by atoms with Gasteiger partial charge in [-0.3, -0.25) is 9.52 Å². The van der Waals surface area contributed by atoms with Crippen LogP contribution in [0.25, 0.3) is 0 Å². The summed E-state index contributed by atoms with van der Waals surface area (Å²) in [6.07, 6.45) is 1.10. The zero-order chi connectivity index (χ0) is 20.3. The summed E-state index contributed by atoms with van der Waals surface area (Å²) in [4.78, 5) is 14.8. The van der Waals surface area contributed by atoms with E-state index in [-0.39, 0.29) is 10.8 Å². The Labute approximate surface area is 166 Å². The Hall–Kier alpha value is -2.54. The molecule has 1 aliphatic rings. The van der Waals surface area contributed by atoms with Gasteiger partial charge < -0.3 is 9.64 Å². The minimum absolute atomic E-state index is 0.0623. The Kier molecular flexibility index (Phi) is 5.93. The van der Waals surface area contributed by atoms with Crippen molar-refractivity contribution in [3.63, 3.8) is 0 Å². The highest BCUT2D eigenvalue weighted by atomic mass is 32.2. The number of likely N-dealkylation sites (tertiary alicyclic amines) is 1. The predicted octanol–water partition coefficient (Wildman–Crippen LogP) is 3.61. The Balaban J connectivity index is 1.80. The van der Waals surface area contributed by atoms with Crippen molar-refractivity contribution in [1.82, 2.24) is 4.90 Å². The average molecular weight is 403 g/mol. The number of piperidine rings is 1. The second-order valence-electron chi connectivity index (χ2n) is 7.52.